The lowest BCUT2D eigenvalue weighted by molar-refractivity contribution is -0.00658. The molecule has 0 saturated heterocycles. The van der Waals surface area contributed by atoms with Crippen LogP contribution in [0.25, 0.3) is 0 Å². The Morgan fingerprint density at radius 3 is 2.05 bits per heavy atom. The molecule has 0 fully saturated rings. The molecular weight excluding hydrogens is 276 g/mol. The van der Waals surface area contributed by atoms with E-state index in [1.54, 1.807) is 38.1 Å². The fourth-order valence-electron chi connectivity index (χ4n) is 1.63. The standard InChI is InChI=1S/C15H24O4S/c1-12-6-8-13(9-7-12)20(17,18)15(4,5)19-11-10-14(2,3)16/h6-9,16H,10-11H2,1-5H3. The van der Waals surface area contributed by atoms with Gasteiger partial charge < -0.3 is 9.84 Å². The molecule has 0 aliphatic carbocycles. The monoisotopic (exact) mass is 300 g/mol. The minimum atomic E-state index is -3.58. The van der Waals surface area contributed by atoms with Crippen LogP contribution in [0.2, 0.25) is 0 Å². The van der Waals surface area contributed by atoms with Gasteiger partial charge in [0.1, 0.15) is 0 Å². The van der Waals surface area contributed by atoms with Gasteiger partial charge in [-0.3, -0.25) is 0 Å². The van der Waals surface area contributed by atoms with E-state index in [0.29, 0.717) is 6.42 Å². The zero-order valence-corrected chi connectivity index (χ0v) is 13.6. The summed E-state index contributed by atoms with van der Waals surface area (Å²) in [7, 11) is -3.58. The molecule has 0 aliphatic rings. The van der Waals surface area contributed by atoms with Crippen LogP contribution in [0, 0.1) is 6.92 Å². The van der Waals surface area contributed by atoms with Crippen LogP contribution >= 0.6 is 0 Å². The summed E-state index contributed by atoms with van der Waals surface area (Å²) in [6.07, 6.45) is 0.375. The summed E-state index contributed by atoms with van der Waals surface area (Å²) in [5, 5.41) is 9.64. The van der Waals surface area contributed by atoms with Crippen LogP contribution in [0.5, 0.6) is 0 Å². The van der Waals surface area contributed by atoms with Crippen molar-refractivity contribution < 1.29 is 18.3 Å². The zero-order valence-electron chi connectivity index (χ0n) is 12.8. The molecule has 0 heterocycles. The SMILES string of the molecule is Cc1ccc(S(=O)(=O)C(C)(C)OCCC(C)(C)O)cc1. The van der Waals surface area contributed by atoms with Gasteiger partial charge in [0, 0.05) is 0 Å². The van der Waals surface area contributed by atoms with Crippen molar-refractivity contribution in [2.45, 2.75) is 56.5 Å². The molecule has 1 aromatic rings. The molecule has 0 radical (unpaired) electrons. The van der Waals surface area contributed by atoms with Gasteiger partial charge in [0.25, 0.3) is 0 Å². The molecular formula is C15H24O4S. The summed E-state index contributed by atoms with van der Waals surface area (Å²) < 4.78 is 30.6. The molecule has 1 aromatic carbocycles. The van der Waals surface area contributed by atoms with E-state index in [2.05, 4.69) is 0 Å². The van der Waals surface area contributed by atoms with Crippen LogP contribution in [0.15, 0.2) is 29.2 Å². The van der Waals surface area contributed by atoms with Crippen molar-refractivity contribution in [1.82, 2.24) is 0 Å². The van der Waals surface area contributed by atoms with Crippen LogP contribution in [-0.4, -0.2) is 30.7 Å². The third kappa shape index (κ3) is 4.30. The Labute approximate surface area is 121 Å². The lowest BCUT2D eigenvalue weighted by Gasteiger charge is -2.27. The normalized spacial score (nSPS) is 13.5. The van der Waals surface area contributed by atoms with Crippen molar-refractivity contribution in [3.63, 3.8) is 0 Å². The van der Waals surface area contributed by atoms with Gasteiger partial charge in [-0.05, 0) is 53.2 Å². The molecule has 5 heteroatoms. The van der Waals surface area contributed by atoms with Crippen LogP contribution in [0.1, 0.15) is 39.7 Å². The fraction of sp³-hybridized carbons (Fsp3) is 0.600. The highest BCUT2D eigenvalue weighted by molar-refractivity contribution is 7.92. The van der Waals surface area contributed by atoms with Crippen molar-refractivity contribution in [1.29, 1.82) is 0 Å². The van der Waals surface area contributed by atoms with Crippen molar-refractivity contribution >= 4 is 9.84 Å². The van der Waals surface area contributed by atoms with E-state index < -0.39 is 20.4 Å². The quantitative estimate of drug-likeness (QED) is 0.877. The van der Waals surface area contributed by atoms with E-state index >= 15 is 0 Å². The van der Waals surface area contributed by atoms with Gasteiger partial charge in [0.05, 0.1) is 17.1 Å². The fourth-order valence-corrected chi connectivity index (χ4v) is 2.93. The van der Waals surface area contributed by atoms with Gasteiger partial charge in [-0.15, -0.1) is 0 Å². The lowest BCUT2D eigenvalue weighted by Crippen LogP contribution is -2.36. The predicted octanol–water partition coefficient (Wildman–Crippen LogP) is 2.68. The summed E-state index contributed by atoms with van der Waals surface area (Å²) in [4.78, 5) is -1.08. The smallest absolute Gasteiger partial charge is 0.207 e. The van der Waals surface area contributed by atoms with E-state index in [9.17, 15) is 13.5 Å². The topological polar surface area (TPSA) is 63.6 Å². The third-order valence-corrected chi connectivity index (χ3v) is 5.45. The molecule has 0 atom stereocenters. The van der Waals surface area contributed by atoms with Gasteiger partial charge in [0.15, 0.2) is 4.93 Å². The lowest BCUT2D eigenvalue weighted by atomic mass is 10.1. The van der Waals surface area contributed by atoms with E-state index in [1.165, 1.54) is 13.8 Å². The maximum atomic E-state index is 12.5. The number of rotatable bonds is 6. The third-order valence-electron chi connectivity index (χ3n) is 3.14. The Morgan fingerprint density at radius 1 is 1.10 bits per heavy atom. The largest absolute Gasteiger partial charge is 0.390 e. The Bertz CT molecular complexity index is 536. The summed E-state index contributed by atoms with van der Waals surface area (Å²) in [5.74, 6) is 0. The van der Waals surface area contributed by atoms with Crippen LogP contribution in [0.4, 0.5) is 0 Å². The second-order valence-corrected chi connectivity index (χ2v) is 8.59. The molecule has 1 N–H and O–H groups in total. The average molecular weight is 300 g/mol. The van der Waals surface area contributed by atoms with Gasteiger partial charge in [-0.1, -0.05) is 17.7 Å². The molecule has 0 spiro atoms. The van der Waals surface area contributed by atoms with Gasteiger partial charge in [-0.25, -0.2) is 8.42 Å². The Balaban J connectivity index is 2.87. The average Bonchev–Trinajstić information content (AvgIpc) is 2.27. The minimum Gasteiger partial charge on any atom is -0.390 e. The Kier molecular flexibility index (Phi) is 5.00. The first-order chi connectivity index (χ1) is 8.96. The first-order valence-electron chi connectivity index (χ1n) is 6.63. The zero-order chi connectivity index (χ0) is 15.6. The molecule has 0 saturated carbocycles. The molecule has 114 valence electrons. The van der Waals surface area contributed by atoms with E-state index in [-0.39, 0.29) is 11.5 Å². The molecule has 1 rings (SSSR count). The molecule has 0 aromatic heterocycles. The van der Waals surface area contributed by atoms with Crippen molar-refractivity contribution in [3.05, 3.63) is 29.8 Å². The van der Waals surface area contributed by atoms with Crippen LogP contribution in [0.3, 0.4) is 0 Å². The molecule has 0 bridgehead atoms. The highest BCUT2D eigenvalue weighted by Gasteiger charge is 2.37. The first kappa shape index (κ1) is 17.1. The molecule has 4 nitrogen and oxygen atoms in total. The highest BCUT2D eigenvalue weighted by Crippen LogP contribution is 2.27. The molecule has 0 aliphatic heterocycles. The van der Waals surface area contributed by atoms with Gasteiger partial charge >= 0.3 is 0 Å². The molecule has 0 unspecified atom stereocenters. The van der Waals surface area contributed by atoms with E-state index in [0.717, 1.165) is 5.56 Å². The van der Waals surface area contributed by atoms with Gasteiger partial charge in [0.2, 0.25) is 9.84 Å². The summed E-state index contributed by atoms with van der Waals surface area (Å²) in [5.41, 5.74) is 0.133. The Morgan fingerprint density at radius 2 is 1.60 bits per heavy atom. The number of aliphatic hydroxyl groups is 1. The van der Waals surface area contributed by atoms with Crippen molar-refractivity contribution in [2.24, 2.45) is 0 Å². The number of hydrogen-bond acceptors (Lipinski definition) is 4. The van der Waals surface area contributed by atoms with Crippen LogP contribution < -0.4 is 0 Å². The number of hydrogen-bond donors (Lipinski definition) is 1. The second-order valence-electron chi connectivity index (χ2n) is 6.13. The van der Waals surface area contributed by atoms with Crippen molar-refractivity contribution in [3.8, 4) is 0 Å². The Hall–Kier alpha value is -0.910. The van der Waals surface area contributed by atoms with Gasteiger partial charge in [-0.2, -0.15) is 0 Å². The maximum absolute atomic E-state index is 12.5. The first-order valence-corrected chi connectivity index (χ1v) is 8.12. The highest BCUT2D eigenvalue weighted by atomic mass is 32.2. The van der Waals surface area contributed by atoms with Crippen molar-refractivity contribution in [2.75, 3.05) is 6.61 Å². The number of sulfone groups is 1. The summed E-state index contributed by atoms with van der Waals surface area (Å²) in [6.45, 7) is 8.48. The predicted molar refractivity (Wildman–Crippen MR) is 79.3 cm³/mol. The number of benzene rings is 1. The minimum absolute atomic E-state index is 0.182. The van der Waals surface area contributed by atoms with Crippen LogP contribution in [-0.2, 0) is 14.6 Å². The number of aryl methyl sites for hydroxylation is 1. The summed E-state index contributed by atoms with van der Waals surface area (Å²) in [6, 6.07) is 6.71. The van der Waals surface area contributed by atoms with E-state index in [4.69, 9.17) is 4.74 Å². The van der Waals surface area contributed by atoms with E-state index in [1.807, 2.05) is 6.92 Å². The number of ether oxygens (including phenoxy) is 1. The molecule has 0 amide bonds. The molecule has 20 heavy (non-hydrogen) atoms. The summed E-state index contributed by atoms with van der Waals surface area (Å²) >= 11 is 0. The second kappa shape index (κ2) is 5.84. The maximum Gasteiger partial charge on any atom is 0.207 e.